The van der Waals surface area contributed by atoms with Crippen molar-refractivity contribution in [1.29, 1.82) is 0 Å². The van der Waals surface area contributed by atoms with E-state index in [2.05, 4.69) is 204 Å². The van der Waals surface area contributed by atoms with E-state index < -0.39 is 0 Å². The number of furan rings is 1. The van der Waals surface area contributed by atoms with E-state index in [9.17, 15) is 0 Å². The van der Waals surface area contributed by atoms with Gasteiger partial charge in [0.05, 0.1) is 16.7 Å². The fourth-order valence-corrected chi connectivity index (χ4v) is 9.35. The second kappa shape index (κ2) is 15.5. The molecule has 0 saturated carbocycles. The van der Waals surface area contributed by atoms with E-state index in [1.54, 1.807) is 0 Å². The molecule has 0 fully saturated rings. The quantitative estimate of drug-likeness (QED) is 0.123. The van der Waals surface area contributed by atoms with Gasteiger partial charge >= 0.3 is 0 Å². The van der Waals surface area contributed by atoms with E-state index in [0.29, 0.717) is 5.84 Å². The number of aromatic nitrogens is 1. The van der Waals surface area contributed by atoms with E-state index in [1.165, 1.54) is 32.9 Å². The number of hydrogen-bond acceptors (Lipinski definition) is 3. The van der Waals surface area contributed by atoms with E-state index in [-0.39, 0.29) is 5.92 Å². The lowest BCUT2D eigenvalue weighted by Gasteiger charge is -2.17. The molecule has 8 aromatic carbocycles. The van der Waals surface area contributed by atoms with Crippen molar-refractivity contribution in [2.75, 3.05) is 12.4 Å². The number of hydrogen-bond donors (Lipinski definition) is 1. The molecule has 0 radical (unpaired) electrons. The van der Waals surface area contributed by atoms with Gasteiger partial charge in [-0.25, -0.2) is 9.98 Å². The highest BCUT2D eigenvalue weighted by atomic mass is 16.3. The van der Waals surface area contributed by atoms with Gasteiger partial charge in [-0.05, 0) is 102 Å². The van der Waals surface area contributed by atoms with Crippen LogP contribution in [0.25, 0.3) is 84.0 Å². The number of nitrogens with zero attached hydrogens (tertiary/aromatic N) is 3. The Labute approximate surface area is 360 Å². The lowest BCUT2D eigenvalue weighted by atomic mass is 9.90. The number of benzene rings is 8. The highest BCUT2D eigenvalue weighted by molar-refractivity contribution is 6.13. The Balaban J connectivity index is 1.02. The molecule has 0 amide bonds. The number of nitrogens with one attached hydrogen (secondary N) is 1. The maximum Gasteiger partial charge on any atom is 0.159 e. The van der Waals surface area contributed by atoms with Crippen molar-refractivity contribution in [2.45, 2.75) is 12.3 Å². The van der Waals surface area contributed by atoms with E-state index >= 15 is 0 Å². The highest BCUT2D eigenvalue weighted by Crippen LogP contribution is 2.42. The Morgan fingerprint density at radius 1 is 0.629 bits per heavy atom. The zero-order chi connectivity index (χ0) is 41.6. The lowest BCUT2D eigenvalue weighted by Crippen LogP contribution is -2.26. The summed E-state index contributed by atoms with van der Waals surface area (Å²) in [6.07, 6.45) is 5.44. The molecule has 11 rings (SSSR count). The molecule has 62 heavy (non-hydrogen) atoms. The van der Waals surface area contributed by atoms with Crippen LogP contribution in [0.2, 0.25) is 0 Å². The van der Waals surface area contributed by atoms with Gasteiger partial charge in [0.15, 0.2) is 5.84 Å². The normalized spacial score (nSPS) is 13.8. The molecule has 296 valence electrons. The first-order chi connectivity index (χ1) is 30.7. The van der Waals surface area contributed by atoms with Crippen molar-refractivity contribution in [3.05, 3.63) is 210 Å². The predicted octanol–water partition coefficient (Wildman–Crippen LogP) is 13.1. The van der Waals surface area contributed by atoms with Crippen LogP contribution < -0.4 is 16.0 Å². The zero-order valence-corrected chi connectivity index (χ0v) is 34.3. The summed E-state index contributed by atoms with van der Waals surface area (Å²) in [5.74, 6) is 0.688. The number of fused-ring (bicyclic) bond motifs is 6. The van der Waals surface area contributed by atoms with E-state index in [0.717, 1.165) is 78.5 Å². The predicted molar refractivity (Wildman–Crippen MR) is 261 cm³/mol. The van der Waals surface area contributed by atoms with Crippen LogP contribution in [0.5, 0.6) is 0 Å². The maximum atomic E-state index is 6.55. The van der Waals surface area contributed by atoms with Crippen molar-refractivity contribution < 1.29 is 4.42 Å². The van der Waals surface area contributed by atoms with Crippen molar-refractivity contribution in [3.63, 3.8) is 0 Å². The molecule has 1 aliphatic carbocycles. The highest BCUT2D eigenvalue weighted by Gasteiger charge is 2.21. The first kappa shape index (κ1) is 37.0. The molecule has 0 spiro atoms. The van der Waals surface area contributed by atoms with Gasteiger partial charge in [0.2, 0.25) is 0 Å². The molecular weight excluding hydrogens is 757 g/mol. The molecule has 0 aliphatic heterocycles. The van der Waals surface area contributed by atoms with Gasteiger partial charge < -0.3 is 14.3 Å². The van der Waals surface area contributed by atoms with Crippen LogP contribution in [0.3, 0.4) is 0 Å². The number of para-hydroxylation sites is 3. The Bertz CT molecular complexity index is 3500. The van der Waals surface area contributed by atoms with Crippen LogP contribution in [0.4, 0.5) is 11.4 Å². The minimum absolute atomic E-state index is 0.150. The van der Waals surface area contributed by atoms with Crippen LogP contribution in [-0.2, 0) is 0 Å². The summed E-state index contributed by atoms with van der Waals surface area (Å²) in [7, 11) is 1.97. The Hall–Kier alpha value is -8.02. The van der Waals surface area contributed by atoms with Crippen molar-refractivity contribution in [3.8, 4) is 39.1 Å². The zero-order valence-electron chi connectivity index (χ0n) is 34.3. The molecule has 0 bridgehead atoms. The molecule has 1 aliphatic rings. The standard InChI is InChI=1S/C57H42N4O/c1-58-50-31-28-38(37-16-5-3-6-17-37)34-47(50)43-21-10-9-20-42(43)44-22-11-13-25-51(44)60-57(59-2)46-24-15-27-55-56(46)49-36-40(30-33-54(49)62-55)39-29-32-53-48(35-39)45-23-12-14-26-52(45)61(53)41-18-7-4-8-19-41/h3-29,31-36,40,58H,2,30H2,1H3. The van der Waals surface area contributed by atoms with Crippen molar-refractivity contribution in [1.82, 2.24) is 4.57 Å². The van der Waals surface area contributed by atoms with Gasteiger partial charge in [-0.2, -0.15) is 0 Å². The third-order valence-corrected chi connectivity index (χ3v) is 12.3. The monoisotopic (exact) mass is 798 g/mol. The number of rotatable bonds is 8. The van der Waals surface area contributed by atoms with Crippen LogP contribution in [-0.4, -0.2) is 24.2 Å². The summed E-state index contributed by atoms with van der Waals surface area (Å²) in [6, 6.07) is 66.3. The Morgan fingerprint density at radius 2 is 1.34 bits per heavy atom. The summed E-state index contributed by atoms with van der Waals surface area (Å²) < 4.78 is 8.91. The van der Waals surface area contributed by atoms with Crippen LogP contribution in [0.15, 0.2) is 202 Å². The topological polar surface area (TPSA) is 54.8 Å². The van der Waals surface area contributed by atoms with Gasteiger partial charge in [0.25, 0.3) is 0 Å². The molecule has 1 unspecified atom stereocenters. The second-order valence-corrected chi connectivity index (χ2v) is 15.8. The Kier molecular flexibility index (Phi) is 9.28. The first-order valence-corrected chi connectivity index (χ1v) is 21.1. The number of aliphatic imine (C=N–C) groups is 2. The molecule has 2 aromatic heterocycles. The fourth-order valence-electron chi connectivity index (χ4n) is 9.35. The minimum atomic E-state index is 0.150. The van der Waals surface area contributed by atoms with Gasteiger partial charge in [-0.1, -0.05) is 140 Å². The molecular formula is C57H42N4O. The summed E-state index contributed by atoms with van der Waals surface area (Å²) in [5.41, 5.74) is 15.9. The third kappa shape index (κ3) is 6.34. The largest absolute Gasteiger partial charge is 0.456 e. The molecule has 1 atom stereocenters. The maximum absolute atomic E-state index is 6.55. The molecule has 2 heterocycles. The van der Waals surface area contributed by atoms with E-state index in [4.69, 9.17) is 9.41 Å². The summed E-state index contributed by atoms with van der Waals surface area (Å²) in [4.78, 5) is 9.93. The minimum Gasteiger partial charge on any atom is -0.456 e. The SMILES string of the molecule is C=NC(=Nc1ccccc1-c1ccccc1-c1cc(-c2ccccc2)ccc1NC)c1cccc2oc3c(c12)=CC(c1ccc2c(c1)c1ccccc1n2-c1ccccc1)CC=3. The molecule has 5 heteroatoms. The number of amidine groups is 1. The fraction of sp³-hybridized carbons (Fsp3) is 0.0526. The summed E-state index contributed by atoms with van der Waals surface area (Å²) in [5, 5.41) is 7.98. The average molecular weight is 799 g/mol. The summed E-state index contributed by atoms with van der Waals surface area (Å²) in [6.45, 7) is 4.07. The van der Waals surface area contributed by atoms with Gasteiger partial charge in [-0.15, -0.1) is 0 Å². The Morgan fingerprint density at radius 3 is 2.15 bits per heavy atom. The molecule has 10 aromatic rings. The molecule has 1 N–H and O–H groups in total. The van der Waals surface area contributed by atoms with E-state index in [1.807, 2.05) is 25.2 Å². The van der Waals surface area contributed by atoms with Crippen LogP contribution >= 0.6 is 0 Å². The van der Waals surface area contributed by atoms with Crippen LogP contribution in [0.1, 0.15) is 23.5 Å². The van der Waals surface area contributed by atoms with Gasteiger partial charge in [-0.3, -0.25) is 0 Å². The van der Waals surface area contributed by atoms with Crippen LogP contribution in [0, 0.1) is 0 Å². The lowest BCUT2D eigenvalue weighted by molar-refractivity contribution is 0.570. The average Bonchev–Trinajstić information content (AvgIpc) is 3.89. The molecule has 5 nitrogen and oxygen atoms in total. The smallest absolute Gasteiger partial charge is 0.159 e. The first-order valence-electron chi connectivity index (χ1n) is 21.1. The van der Waals surface area contributed by atoms with Crippen molar-refractivity contribution >= 4 is 68.9 Å². The van der Waals surface area contributed by atoms with Crippen molar-refractivity contribution in [2.24, 2.45) is 9.98 Å². The van der Waals surface area contributed by atoms with Gasteiger partial charge in [0.1, 0.15) is 11.0 Å². The van der Waals surface area contributed by atoms with Gasteiger partial charge in [0, 0.05) is 62.4 Å². The second-order valence-electron chi connectivity index (χ2n) is 15.8. The number of anilines is 1. The third-order valence-electron chi connectivity index (χ3n) is 12.3. The summed E-state index contributed by atoms with van der Waals surface area (Å²) >= 11 is 0. The molecule has 0 saturated heterocycles.